The van der Waals surface area contributed by atoms with Crippen molar-refractivity contribution >= 4 is 17.3 Å². The zero-order chi connectivity index (χ0) is 11.9. The molecule has 0 atom stereocenters. The number of amides is 1. The highest BCUT2D eigenvalue weighted by atomic mass is 16.5. The Morgan fingerprint density at radius 2 is 2.06 bits per heavy atom. The fourth-order valence-corrected chi connectivity index (χ4v) is 1.69. The van der Waals surface area contributed by atoms with E-state index in [2.05, 4.69) is 5.32 Å². The van der Waals surface area contributed by atoms with Crippen LogP contribution in [0.25, 0.3) is 0 Å². The van der Waals surface area contributed by atoms with Gasteiger partial charge in [-0.15, -0.1) is 0 Å². The van der Waals surface area contributed by atoms with Crippen LogP contribution in [0.2, 0.25) is 0 Å². The predicted octanol–water partition coefficient (Wildman–Crippen LogP) is 1.94. The quantitative estimate of drug-likeness (QED) is 0.711. The van der Waals surface area contributed by atoms with E-state index < -0.39 is 0 Å². The molecular formula is C12H16N2O2. The van der Waals surface area contributed by atoms with Gasteiger partial charge in [0.25, 0.3) is 0 Å². The van der Waals surface area contributed by atoms with Crippen molar-refractivity contribution in [3.05, 3.63) is 17.7 Å². The number of nitrogens with two attached hydrogens (primary N) is 1. The summed E-state index contributed by atoms with van der Waals surface area (Å²) >= 11 is 0. The summed E-state index contributed by atoms with van der Waals surface area (Å²) in [5.74, 6) is 0.621. The fraction of sp³-hybridized carbons (Fsp3) is 0.417. The fourth-order valence-electron chi connectivity index (χ4n) is 1.69. The molecule has 4 nitrogen and oxygen atoms in total. The summed E-state index contributed by atoms with van der Waals surface area (Å²) < 4.78 is 5.72. The molecule has 0 unspecified atom stereocenters. The highest BCUT2D eigenvalue weighted by Gasteiger charge is 2.21. The first-order valence-electron chi connectivity index (χ1n) is 5.26. The van der Waals surface area contributed by atoms with Crippen LogP contribution in [-0.2, 0) is 11.2 Å². The molecule has 0 saturated carbocycles. The summed E-state index contributed by atoms with van der Waals surface area (Å²) in [5.41, 5.74) is 7.89. The maximum atomic E-state index is 11.2. The molecule has 2 rings (SSSR count). The van der Waals surface area contributed by atoms with Crippen LogP contribution in [0.1, 0.15) is 26.3 Å². The van der Waals surface area contributed by atoms with E-state index in [1.54, 1.807) is 12.1 Å². The molecule has 1 heterocycles. The Morgan fingerprint density at radius 1 is 1.38 bits per heavy atom. The Balaban J connectivity index is 2.35. The van der Waals surface area contributed by atoms with Gasteiger partial charge < -0.3 is 15.8 Å². The van der Waals surface area contributed by atoms with Crippen LogP contribution in [0.15, 0.2) is 12.1 Å². The Labute approximate surface area is 94.8 Å². The van der Waals surface area contributed by atoms with Crippen LogP contribution in [0.3, 0.4) is 0 Å². The van der Waals surface area contributed by atoms with Crippen LogP contribution < -0.4 is 15.8 Å². The van der Waals surface area contributed by atoms with Crippen molar-refractivity contribution in [2.24, 2.45) is 0 Å². The second-order valence-corrected chi connectivity index (χ2v) is 4.99. The van der Waals surface area contributed by atoms with Gasteiger partial charge in [-0.1, -0.05) is 0 Å². The minimum atomic E-state index is -0.301. The normalized spacial score (nSPS) is 14.6. The van der Waals surface area contributed by atoms with Crippen LogP contribution >= 0.6 is 0 Å². The Kier molecular flexibility index (Phi) is 2.30. The van der Waals surface area contributed by atoms with Crippen LogP contribution in [-0.4, -0.2) is 11.5 Å². The van der Waals surface area contributed by atoms with Gasteiger partial charge in [-0.3, -0.25) is 4.79 Å². The highest BCUT2D eigenvalue weighted by Crippen LogP contribution is 2.34. The minimum absolute atomic E-state index is 0.00214. The van der Waals surface area contributed by atoms with E-state index in [1.165, 1.54) is 0 Å². The molecule has 0 radical (unpaired) electrons. The maximum absolute atomic E-state index is 11.2. The number of hydrogen-bond acceptors (Lipinski definition) is 3. The second-order valence-electron chi connectivity index (χ2n) is 4.99. The number of carbonyl (C=O) groups is 1. The zero-order valence-corrected chi connectivity index (χ0v) is 9.76. The summed E-state index contributed by atoms with van der Waals surface area (Å²) in [6.45, 7) is 5.87. The minimum Gasteiger partial charge on any atom is -0.486 e. The third kappa shape index (κ3) is 2.10. The SMILES string of the molecule is CC(C)(C)Oc1cc2c(cc1N)CC(=O)N2. The number of rotatable bonds is 1. The standard InChI is InChI=1S/C12H16N2O2/c1-12(2,3)16-10-6-9-7(4-8(10)13)5-11(15)14-9/h4,6H,5,13H2,1-3H3,(H,14,15). The van der Waals surface area contributed by atoms with E-state index in [0.29, 0.717) is 17.9 Å². The number of nitrogen functional groups attached to an aromatic ring is 1. The first-order valence-corrected chi connectivity index (χ1v) is 5.26. The van der Waals surface area contributed by atoms with Gasteiger partial charge in [-0.25, -0.2) is 0 Å². The molecule has 0 bridgehead atoms. The number of anilines is 2. The van der Waals surface area contributed by atoms with E-state index in [4.69, 9.17) is 10.5 Å². The van der Waals surface area contributed by atoms with Gasteiger partial charge in [0.05, 0.1) is 12.1 Å². The Morgan fingerprint density at radius 3 is 2.69 bits per heavy atom. The molecule has 0 spiro atoms. The lowest BCUT2D eigenvalue weighted by atomic mass is 10.1. The second kappa shape index (κ2) is 3.40. The number of benzene rings is 1. The third-order valence-corrected chi connectivity index (χ3v) is 2.28. The first-order chi connectivity index (χ1) is 7.35. The van der Waals surface area contributed by atoms with Crippen molar-refractivity contribution < 1.29 is 9.53 Å². The van der Waals surface area contributed by atoms with Gasteiger partial charge >= 0.3 is 0 Å². The van der Waals surface area contributed by atoms with Gasteiger partial charge in [-0.05, 0) is 32.4 Å². The molecule has 1 aliphatic rings. The molecule has 0 saturated heterocycles. The molecule has 0 aromatic heterocycles. The maximum Gasteiger partial charge on any atom is 0.228 e. The average molecular weight is 220 g/mol. The molecule has 86 valence electrons. The van der Waals surface area contributed by atoms with Gasteiger partial charge in [-0.2, -0.15) is 0 Å². The van der Waals surface area contributed by atoms with E-state index in [1.807, 2.05) is 20.8 Å². The molecule has 4 heteroatoms. The van der Waals surface area contributed by atoms with Crippen molar-refractivity contribution in [1.29, 1.82) is 0 Å². The number of fused-ring (bicyclic) bond motifs is 1. The van der Waals surface area contributed by atoms with Gasteiger partial charge in [0.2, 0.25) is 5.91 Å². The smallest absolute Gasteiger partial charge is 0.228 e. The Bertz CT molecular complexity index is 447. The lowest BCUT2D eigenvalue weighted by Crippen LogP contribution is -2.23. The number of hydrogen-bond donors (Lipinski definition) is 2. The third-order valence-electron chi connectivity index (χ3n) is 2.28. The summed E-state index contributed by atoms with van der Waals surface area (Å²) in [5, 5.41) is 2.78. The molecule has 0 fully saturated rings. The predicted molar refractivity (Wildman–Crippen MR) is 63.6 cm³/mol. The zero-order valence-electron chi connectivity index (χ0n) is 9.76. The topological polar surface area (TPSA) is 64.3 Å². The van der Waals surface area contributed by atoms with Gasteiger partial charge in [0.15, 0.2) is 0 Å². The summed E-state index contributed by atoms with van der Waals surface area (Å²) in [7, 11) is 0. The number of nitrogens with one attached hydrogen (secondary N) is 1. The molecule has 16 heavy (non-hydrogen) atoms. The number of ether oxygens (including phenoxy) is 1. The molecule has 1 aromatic rings. The van der Waals surface area contributed by atoms with Crippen molar-refractivity contribution in [3.63, 3.8) is 0 Å². The summed E-state index contributed by atoms with van der Waals surface area (Å²) in [6.07, 6.45) is 0.398. The van der Waals surface area contributed by atoms with Crippen molar-refractivity contribution in [2.45, 2.75) is 32.8 Å². The van der Waals surface area contributed by atoms with Crippen molar-refractivity contribution in [2.75, 3.05) is 11.1 Å². The van der Waals surface area contributed by atoms with E-state index in [9.17, 15) is 4.79 Å². The van der Waals surface area contributed by atoms with Crippen molar-refractivity contribution in [3.8, 4) is 5.75 Å². The van der Waals surface area contributed by atoms with Crippen LogP contribution in [0.5, 0.6) is 5.75 Å². The highest BCUT2D eigenvalue weighted by molar-refractivity contribution is 6.00. The molecule has 1 aliphatic heterocycles. The molecular weight excluding hydrogens is 204 g/mol. The lowest BCUT2D eigenvalue weighted by Gasteiger charge is -2.22. The first kappa shape index (κ1) is 10.8. The number of carbonyl (C=O) groups excluding carboxylic acids is 1. The monoisotopic (exact) mass is 220 g/mol. The van der Waals surface area contributed by atoms with Crippen LogP contribution in [0.4, 0.5) is 11.4 Å². The van der Waals surface area contributed by atoms with Gasteiger partial charge in [0, 0.05) is 11.8 Å². The molecule has 1 aromatic carbocycles. The van der Waals surface area contributed by atoms with E-state index in [0.717, 1.165) is 11.3 Å². The molecule has 1 amide bonds. The molecule has 3 N–H and O–H groups in total. The van der Waals surface area contributed by atoms with E-state index >= 15 is 0 Å². The average Bonchev–Trinajstić information content (AvgIpc) is 2.42. The lowest BCUT2D eigenvalue weighted by molar-refractivity contribution is -0.115. The van der Waals surface area contributed by atoms with Crippen LogP contribution in [0, 0.1) is 0 Å². The largest absolute Gasteiger partial charge is 0.486 e. The van der Waals surface area contributed by atoms with Gasteiger partial charge in [0.1, 0.15) is 11.4 Å². The van der Waals surface area contributed by atoms with E-state index in [-0.39, 0.29) is 11.5 Å². The van der Waals surface area contributed by atoms with Crippen molar-refractivity contribution in [1.82, 2.24) is 0 Å². The summed E-state index contributed by atoms with van der Waals surface area (Å²) in [4.78, 5) is 11.2. The Hall–Kier alpha value is -1.71. The summed E-state index contributed by atoms with van der Waals surface area (Å²) in [6, 6.07) is 3.59. The molecule has 0 aliphatic carbocycles.